The highest BCUT2D eigenvalue weighted by Crippen LogP contribution is 2.31. The fourth-order valence-electron chi connectivity index (χ4n) is 3.55. The van der Waals surface area contributed by atoms with Crippen molar-refractivity contribution in [2.45, 2.75) is 27.2 Å². The normalized spacial score (nSPS) is 11.3. The van der Waals surface area contributed by atoms with E-state index in [1.807, 2.05) is 68.4 Å². The summed E-state index contributed by atoms with van der Waals surface area (Å²) < 4.78 is 1.17. The highest BCUT2D eigenvalue weighted by Gasteiger charge is 2.13. The topological polar surface area (TPSA) is 77.8 Å². The number of nitrogens with zero attached hydrogens (tertiary/aromatic N) is 2. The van der Waals surface area contributed by atoms with Crippen LogP contribution in [0.4, 0.5) is 11.4 Å². The van der Waals surface area contributed by atoms with E-state index < -0.39 is 5.91 Å². The lowest BCUT2D eigenvalue weighted by Gasteiger charge is -2.12. The molecule has 0 spiro atoms. The number of nitriles is 1. The van der Waals surface area contributed by atoms with Gasteiger partial charge in [-0.25, -0.2) is 4.98 Å². The second-order valence-corrected chi connectivity index (χ2v) is 8.83. The maximum absolute atomic E-state index is 12.7. The minimum atomic E-state index is -0.435. The summed E-state index contributed by atoms with van der Waals surface area (Å²) in [7, 11) is 0. The van der Waals surface area contributed by atoms with Crippen molar-refractivity contribution in [3.63, 3.8) is 0 Å². The second-order valence-electron chi connectivity index (χ2n) is 7.80. The van der Waals surface area contributed by atoms with Crippen molar-refractivity contribution in [2.24, 2.45) is 0 Å². The van der Waals surface area contributed by atoms with Crippen molar-refractivity contribution in [2.75, 3.05) is 10.6 Å². The smallest absolute Gasteiger partial charge is 0.267 e. The van der Waals surface area contributed by atoms with E-state index in [0.717, 1.165) is 45.0 Å². The third-order valence-electron chi connectivity index (χ3n) is 5.40. The van der Waals surface area contributed by atoms with E-state index in [9.17, 15) is 10.1 Å². The molecule has 164 valence electrons. The van der Waals surface area contributed by atoms with Crippen LogP contribution in [0.25, 0.3) is 20.8 Å². The summed E-state index contributed by atoms with van der Waals surface area (Å²) in [4.78, 5) is 17.4. The summed E-state index contributed by atoms with van der Waals surface area (Å²) in [5, 5.41) is 16.4. The largest absolute Gasteiger partial charge is 0.360 e. The van der Waals surface area contributed by atoms with Crippen LogP contribution < -0.4 is 10.6 Å². The van der Waals surface area contributed by atoms with Gasteiger partial charge in [-0.05, 0) is 73.4 Å². The van der Waals surface area contributed by atoms with Gasteiger partial charge in [0.15, 0.2) is 0 Å². The van der Waals surface area contributed by atoms with E-state index in [0.29, 0.717) is 0 Å². The molecule has 4 rings (SSSR count). The zero-order valence-corrected chi connectivity index (χ0v) is 19.6. The fourth-order valence-corrected chi connectivity index (χ4v) is 4.62. The Balaban J connectivity index is 1.48. The molecule has 1 amide bonds. The lowest BCUT2D eigenvalue weighted by Crippen LogP contribution is -2.16. The number of para-hydroxylation sites is 1. The third kappa shape index (κ3) is 4.94. The van der Waals surface area contributed by atoms with E-state index in [2.05, 4.69) is 29.7 Å². The predicted molar refractivity (Wildman–Crippen MR) is 136 cm³/mol. The van der Waals surface area contributed by atoms with Crippen LogP contribution in [0.1, 0.15) is 23.6 Å². The quantitative estimate of drug-likeness (QED) is 0.255. The highest BCUT2D eigenvalue weighted by molar-refractivity contribution is 7.21. The van der Waals surface area contributed by atoms with Crippen LogP contribution in [0, 0.1) is 25.2 Å². The summed E-state index contributed by atoms with van der Waals surface area (Å²) >= 11 is 1.66. The summed E-state index contributed by atoms with van der Waals surface area (Å²) in [6, 6.07) is 21.9. The van der Waals surface area contributed by atoms with Crippen LogP contribution in [0.15, 0.2) is 72.4 Å². The van der Waals surface area contributed by atoms with Crippen molar-refractivity contribution in [1.82, 2.24) is 4.98 Å². The Hall–Kier alpha value is -3.95. The average Bonchev–Trinajstić information content (AvgIpc) is 3.24. The van der Waals surface area contributed by atoms with Gasteiger partial charge in [-0.1, -0.05) is 31.2 Å². The standard InChI is InChI=1S/C27H24N4OS/c1-4-19-7-5-6-18(3)25(19)31-26(32)21(15-28)16-29-22-11-9-20(10-12-22)27-30-23-13-8-17(2)14-24(23)33-27/h5-14,16,29H,4H2,1-3H3,(H,31,32)/b21-16-. The lowest BCUT2D eigenvalue weighted by molar-refractivity contribution is -0.112. The molecule has 33 heavy (non-hydrogen) atoms. The van der Waals surface area contributed by atoms with Gasteiger partial charge < -0.3 is 10.6 Å². The minimum absolute atomic E-state index is 0.00549. The molecule has 0 atom stereocenters. The first-order chi connectivity index (χ1) is 16.0. The summed E-state index contributed by atoms with van der Waals surface area (Å²) in [6.45, 7) is 6.05. The molecule has 0 aliphatic rings. The van der Waals surface area contributed by atoms with Crippen LogP contribution in [0.3, 0.4) is 0 Å². The Kier molecular flexibility index (Phi) is 6.53. The van der Waals surface area contributed by atoms with E-state index in [1.165, 1.54) is 16.5 Å². The molecule has 0 unspecified atom stereocenters. The molecule has 4 aromatic rings. The Labute approximate surface area is 197 Å². The van der Waals surface area contributed by atoms with E-state index >= 15 is 0 Å². The van der Waals surface area contributed by atoms with Crippen molar-refractivity contribution in [1.29, 1.82) is 5.26 Å². The first kappa shape index (κ1) is 22.3. The van der Waals surface area contributed by atoms with Crippen LogP contribution in [0.2, 0.25) is 0 Å². The first-order valence-electron chi connectivity index (χ1n) is 10.7. The molecule has 1 aromatic heterocycles. The number of fused-ring (bicyclic) bond motifs is 1. The lowest BCUT2D eigenvalue weighted by atomic mass is 10.1. The van der Waals surface area contributed by atoms with Gasteiger partial charge in [-0.3, -0.25) is 4.79 Å². The number of benzene rings is 3. The van der Waals surface area contributed by atoms with Crippen molar-refractivity contribution >= 4 is 38.8 Å². The molecule has 0 saturated carbocycles. The van der Waals surface area contributed by atoms with Gasteiger partial charge in [-0.15, -0.1) is 11.3 Å². The number of rotatable bonds is 6. The van der Waals surface area contributed by atoms with Crippen LogP contribution in [-0.2, 0) is 11.2 Å². The zero-order valence-electron chi connectivity index (χ0n) is 18.8. The second kappa shape index (κ2) is 9.68. The molecule has 0 radical (unpaired) electrons. The van der Waals surface area contributed by atoms with Gasteiger partial charge in [0.05, 0.1) is 10.2 Å². The number of hydrogen-bond acceptors (Lipinski definition) is 5. The predicted octanol–water partition coefficient (Wildman–Crippen LogP) is 6.60. The number of hydrogen-bond donors (Lipinski definition) is 2. The molecular formula is C27H24N4OS. The highest BCUT2D eigenvalue weighted by atomic mass is 32.1. The number of amides is 1. The monoisotopic (exact) mass is 452 g/mol. The molecular weight excluding hydrogens is 428 g/mol. The van der Waals surface area contributed by atoms with Crippen molar-refractivity contribution < 1.29 is 4.79 Å². The van der Waals surface area contributed by atoms with Gasteiger partial charge in [0.25, 0.3) is 5.91 Å². The van der Waals surface area contributed by atoms with Gasteiger partial charge in [0, 0.05) is 23.1 Å². The molecule has 0 aliphatic heterocycles. The minimum Gasteiger partial charge on any atom is -0.360 e. The molecule has 0 aliphatic carbocycles. The molecule has 0 saturated heterocycles. The van der Waals surface area contributed by atoms with Crippen LogP contribution in [-0.4, -0.2) is 10.9 Å². The number of carbonyl (C=O) groups excluding carboxylic acids is 1. The molecule has 1 heterocycles. The average molecular weight is 453 g/mol. The number of anilines is 2. The van der Waals surface area contributed by atoms with Crippen molar-refractivity contribution in [3.05, 3.63) is 89.1 Å². The zero-order chi connectivity index (χ0) is 23.4. The summed E-state index contributed by atoms with van der Waals surface area (Å²) in [5.41, 5.74) is 6.79. The number of thiazole rings is 1. The van der Waals surface area contributed by atoms with E-state index in [1.54, 1.807) is 11.3 Å². The maximum Gasteiger partial charge on any atom is 0.267 e. The first-order valence-corrected chi connectivity index (χ1v) is 11.5. The molecule has 2 N–H and O–H groups in total. The van der Waals surface area contributed by atoms with E-state index in [-0.39, 0.29) is 5.57 Å². The Bertz CT molecular complexity index is 1390. The van der Waals surface area contributed by atoms with Gasteiger partial charge in [-0.2, -0.15) is 5.26 Å². The number of nitrogens with one attached hydrogen (secondary N) is 2. The number of carbonyl (C=O) groups is 1. The third-order valence-corrected chi connectivity index (χ3v) is 6.47. The fraction of sp³-hybridized carbons (Fsp3) is 0.148. The van der Waals surface area contributed by atoms with E-state index in [4.69, 9.17) is 4.98 Å². The van der Waals surface area contributed by atoms with Crippen molar-refractivity contribution in [3.8, 4) is 16.6 Å². The maximum atomic E-state index is 12.7. The Morgan fingerprint density at radius 1 is 1.12 bits per heavy atom. The molecule has 5 nitrogen and oxygen atoms in total. The molecule has 3 aromatic carbocycles. The number of aromatic nitrogens is 1. The molecule has 0 bridgehead atoms. The molecule has 0 fully saturated rings. The van der Waals surface area contributed by atoms with Gasteiger partial charge in [0.2, 0.25) is 0 Å². The summed E-state index contributed by atoms with van der Waals surface area (Å²) in [5.74, 6) is -0.435. The van der Waals surface area contributed by atoms with Crippen LogP contribution >= 0.6 is 11.3 Å². The molecule has 6 heteroatoms. The SMILES string of the molecule is CCc1cccc(C)c1NC(=O)/C(C#N)=C\Nc1ccc(-c2nc3ccc(C)cc3s2)cc1. The Morgan fingerprint density at radius 2 is 1.91 bits per heavy atom. The van der Waals surface area contributed by atoms with Gasteiger partial charge >= 0.3 is 0 Å². The van der Waals surface area contributed by atoms with Crippen LogP contribution in [0.5, 0.6) is 0 Å². The van der Waals surface area contributed by atoms with Gasteiger partial charge in [0.1, 0.15) is 16.6 Å². The number of aryl methyl sites for hydroxylation is 3. The summed E-state index contributed by atoms with van der Waals surface area (Å²) in [6.07, 6.45) is 2.23. The Morgan fingerprint density at radius 3 is 2.64 bits per heavy atom.